The van der Waals surface area contributed by atoms with E-state index in [9.17, 15) is 0 Å². The van der Waals surface area contributed by atoms with E-state index in [1.807, 2.05) is 30.3 Å². The Morgan fingerprint density at radius 2 is 2.21 bits per heavy atom. The van der Waals surface area contributed by atoms with Crippen molar-refractivity contribution < 1.29 is 4.74 Å². The highest BCUT2D eigenvalue weighted by Gasteiger charge is 1.98. The molecule has 0 bridgehead atoms. The third-order valence-corrected chi connectivity index (χ3v) is 2.01. The number of methoxy groups -OCH3 is 1. The van der Waals surface area contributed by atoms with Crippen LogP contribution in [-0.4, -0.2) is 13.7 Å². The zero-order chi connectivity index (χ0) is 10.2. The Bertz CT molecular complexity index is 283. The van der Waals surface area contributed by atoms with E-state index in [2.05, 4.69) is 11.9 Å². The second kappa shape index (κ2) is 6.08. The molecule has 0 unspecified atom stereocenters. The normalized spacial score (nSPS) is 9.50. The summed E-state index contributed by atoms with van der Waals surface area (Å²) in [5.74, 6) is 0.895. The van der Waals surface area contributed by atoms with Crippen LogP contribution >= 0.6 is 0 Å². The average molecular weight is 191 g/mol. The van der Waals surface area contributed by atoms with Crippen LogP contribution in [0.2, 0.25) is 0 Å². The molecule has 0 atom stereocenters. The molecule has 0 aliphatic heterocycles. The monoisotopic (exact) mass is 191 g/mol. The molecule has 76 valence electrons. The molecule has 0 saturated carbocycles. The first-order valence-electron chi connectivity index (χ1n) is 4.86. The largest absolute Gasteiger partial charge is 0.495 e. The summed E-state index contributed by atoms with van der Waals surface area (Å²) in [5, 5.41) is 3.33. The van der Waals surface area contributed by atoms with Gasteiger partial charge in [-0.2, -0.15) is 0 Å². The lowest BCUT2D eigenvalue weighted by molar-refractivity contribution is 0.416. The quantitative estimate of drug-likeness (QED) is 0.551. The van der Waals surface area contributed by atoms with Crippen LogP contribution in [0.3, 0.4) is 0 Å². The molecule has 1 aromatic rings. The summed E-state index contributed by atoms with van der Waals surface area (Å²) in [7, 11) is 1.68. The van der Waals surface area contributed by atoms with Gasteiger partial charge in [0.1, 0.15) is 5.75 Å². The van der Waals surface area contributed by atoms with E-state index in [1.54, 1.807) is 7.11 Å². The standard InChI is InChI=1S/C12H17NO/c1-3-4-7-10-13-11-8-5-6-9-12(11)14-2/h3,5-6,8-9,13H,1,4,7,10H2,2H3. The average Bonchev–Trinajstić information content (AvgIpc) is 2.25. The van der Waals surface area contributed by atoms with Crippen molar-refractivity contribution in [3.63, 3.8) is 0 Å². The number of nitrogens with one attached hydrogen (secondary N) is 1. The lowest BCUT2D eigenvalue weighted by Crippen LogP contribution is -2.02. The fourth-order valence-electron chi connectivity index (χ4n) is 1.26. The fourth-order valence-corrected chi connectivity index (χ4v) is 1.26. The number of anilines is 1. The summed E-state index contributed by atoms with van der Waals surface area (Å²) < 4.78 is 5.22. The van der Waals surface area contributed by atoms with Gasteiger partial charge in [0.25, 0.3) is 0 Å². The van der Waals surface area contributed by atoms with Crippen LogP contribution in [0, 0.1) is 0 Å². The fraction of sp³-hybridized carbons (Fsp3) is 0.333. The van der Waals surface area contributed by atoms with E-state index in [0.29, 0.717) is 0 Å². The number of rotatable bonds is 6. The van der Waals surface area contributed by atoms with Gasteiger partial charge < -0.3 is 10.1 Å². The number of hydrogen-bond donors (Lipinski definition) is 1. The first kappa shape index (κ1) is 10.6. The third kappa shape index (κ3) is 3.13. The molecule has 0 saturated heterocycles. The van der Waals surface area contributed by atoms with E-state index < -0.39 is 0 Å². The summed E-state index contributed by atoms with van der Waals surface area (Å²) >= 11 is 0. The topological polar surface area (TPSA) is 21.3 Å². The summed E-state index contributed by atoms with van der Waals surface area (Å²) in [6.45, 7) is 4.64. The molecule has 1 rings (SSSR count). The zero-order valence-corrected chi connectivity index (χ0v) is 8.62. The lowest BCUT2D eigenvalue weighted by atomic mass is 10.2. The highest BCUT2D eigenvalue weighted by atomic mass is 16.5. The Labute approximate surface area is 85.6 Å². The Kier molecular flexibility index (Phi) is 4.62. The number of unbranched alkanes of at least 4 members (excludes halogenated alkanes) is 1. The minimum atomic E-state index is 0.895. The molecule has 2 heteroatoms. The molecule has 0 aromatic heterocycles. The minimum absolute atomic E-state index is 0.895. The number of hydrogen-bond acceptors (Lipinski definition) is 2. The van der Waals surface area contributed by atoms with Crippen molar-refractivity contribution in [3.8, 4) is 5.75 Å². The van der Waals surface area contributed by atoms with E-state index in [-0.39, 0.29) is 0 Å². The van der Waals surface area contributed by atoms with Gasteiger partial charge in [0.2, 0.25) is 0 Å². The molecule has 0 spiro atoms. The van der Waals surface area contributed by atoms with E-state index in [4.69, 9.17) is 4.74 Å². The molecular formula is C12H17NO. The van der Waals surface area contributed by atoms with Crippen LogP contribution in [0.4, 0.5) is 5.69 Å². The molecule has 1 N–H and O–H groups in total. The summed E-state index contributed by atoms with van der Waals surface area (Å²) in [6, 6.07) is 7.94. The molecule has 0 amide bonds. The Hall–Kier alpha value is -1.44. The minimum Gasteiger partial charge on any atom is -0.495 e. The number of ether oxygens (including phenoxy) is 1. The lowest BCUT2D eigenvalue weighted by Gasteiger charge is -2.09. The third-order valence-electron chi connectivity index (χ3n) is 2.01. The Morgan fingerprint density at radius 1 is 1.43 bits per heavy atom. The number of benzene rings is 1. The highest BCUT2D eigenvalue weighted by molar-refractivity contribution is 5.55. The molecule has 2 nitrogen and oxygen atoms in total. The maximum absolute atomic E-state index is 5.22. The van der Waals surface area contributed by atoms with Crippen LogP contribution in [-0.2, 0) is 0 Å². The zero-order valence-electron chi connectivity index (χ0n) is 8.62. The van der Waals surface area contributed by atoms with Gasteiger partial charge in [-0.3, -0.25) is 0 Å². The van der Waals surface area contributed by atoms with Crippen LogP contribution in [0.25, 0.3) is 0 Å². The van der Waals surface area contributed by atoms with Crippen molar-refractivity contribution in [2.24, 2.45) is 0 Å². The molecule has 0 fully saturated rings. The first-order valence-corrected chi connectivity index (χ1v) is 4.86. The van der Waals surface area contributed by atoms with Crippen LogP contribution in [0.15, 0.2) is 36.9 Å². The van der Waals surface area contributed by atoms with E-state index in [0.717, 1.165) is 30.8 Å². The smallest absolute Gasteiger partial charge is 0.141 e. The summed E-state index contributed by atoms with van der Waals surface area (Å²) in [5.41, 5.74) is 1.05. The molecule has 0 aliphatic rings. The van der Waals surface area contributed by atoms with Gasteiger partial charge in [-0.15, -0.1) is 6.58 Å². The van der Waals surface area contributed by atoms with Crippen LogP contribution in [0.1, 0.15) is 12.8 Å². The van der Waals surface area contributed by atoms with Crippen LogP contribution < -0.4 is 10.1 Å². The molecule has 0 radical (unpaired) electrons. The second-order valence-corrected chi connectivity index (χ2v) is 3.06. The summed E-state index contributed by atoms with van der Waals surface area (Å²) in [4.78, 5) is 0. The van der Waals surface area contributed by atoms with Gasteiger partial charge in [0.15, 0.2) is 0 Å². The molecule has 1 aromatic carbocycles. The second-order valence-electron chi connectivity index (χ2n) is 3.06. The van der Waals surface area contributed by atoms with Crippen molar-refractivity contribution in [3.05, 3.63) is 36.9 Å². The van der Waals surface area contributed by atoms with Gasteiger partial charge in [-0.05, 0) is 25.0 Å². The first-order chi connectivity index (χ1) is 6.88. The highest BCUT2D eigenvalue weighted by Crippen LogP contribution is 2.22. The molecule has 0 aliphatic carbocycles. The van der Waals surface area contributed by atoms with Crippen molar-refractivity contribution in [1.29, 1.82) is 0 Å². The summed E-state index contributed by atoms with van der Waals surface area (Å²) in [6.07, 6.45) is 4.08. The maximum Gasteiger partial charge on any atom is 0.141 e. The van der Waals surface area contributed by atoms with E-state index >= 15 is 0 Å². The van der Waals surface area contributed by atoms with E-state index in [1.165, 1.54) is 0 Å². The molecule has 14 heavy (non-hydrogen) atoms. The number of allylic oxidation sites excluding steroid dienone is 1. The molecular weight excluding hydrogens is 174 g/mol. The predicted octanol–water partition coefficient (Wildman–Crippen LogP) is 3.07. The van der Waals surface area contributed by atoms with Crippen molar-refractivity contribution >= 4 is 5.69 Å². The van der Waals surface area contributed by atoms with Gasteiger partial charge in [-0.25, -0.2) is 0 Å². The van der Waals surface area contributed by atoms with Gasteiger partial charge >= 0.3 is 0 Å². The van der Waals surface area contributed by atoms with Crippen molar-refractivity contribution in [1.82, 2.24) is 0 Å². The van der Waals surface area contributed by atoms with Gasteiger partial charge in [0, 0.05) is 6.54 Å². The maximum atomic E-state index is 5.22. The number of para-hydroxylation sites is 2. The Morgan fingerprint density at radius 3 is 2.93 bits per heavy atom. The van der Waals surface area contributed by atoms with Gasteiger partial charge in [0.05, 0.1) is 12.8 Å². The Balaban J connectivity index is 2.44. The van der Waals surface area contributed by atoms with Crippen molar-refractivity contribution in [2.75, 3.05) is 19.0 Å². The van der Waals surface area contributed by atoms with Gasteiger partial charge in [-0.1, -0.05) is 18.2 Å². The SMILES string of the molecule is C=CCCCNc1ccccc1OC. The van der Waals surface area contributed by atoms with Crippen molar-refractivity contribution in [2.45, 2.75) is 12.8 Å². The van der Waals surface area contributed by atoms with Crippen LogP contribution in [0.5, 0.6) is 5.75 Å². The molecule has 0 heterocycles. The predicted molar refractivity (Wildman–Crippen MR) is 60.9 cm³/mol.